The largest absolute Gasteiger partial charge is 0.497 e. The number of methoxy groups -OCH3 is 1. The molecule has 6 N–H and O–H groups in total. The second-order valence-corrected chi connectivity index (χ2v) is 5.90. The number of carboxylic acid groups (broad SMARTS) is 1. The fourth-order valence-electron chi connectivity index (χ4n) is 2.05. The average molecular weight is 345 g/mol. The molecule has 0 spiro atoms. The number of benzene rings is 2. The zero-order valence-corrected chi connectivity index (χ0v) is 14.0. The Balaban J connectivity index is 2.09. The number of nitrogens with one attached hydrogen (secondary N) is 1. The lowest BCUT2D eigenvalue weighted by Gasteiger charge is -2.09. The van der Waals surface area contributed by atoms with Crippen LogP contribution in [-0.2, 0) is 10.5 Å². The quantitative estimate of drug-likeness (QED) is 0.346. The highest BCUT2D eigenvalue weighted by Crippen LogP contribution is 2.26. The summed E-state index contributed by atoms with van der Waals surface area (Å²) in [6.07, 6.45) is 0. The van der Waals surface area contributed by atoms with Crippen LogP contribution in [0, 0.1) is 0 Å². The number of nitrogens with two attached hydrogens (primary N) is 2. The summed E-state index contributed by atoms with van der Waals surface area (Å²) >= 11 is 1.24. The van der Waals surface area contributed by atoms with E-state index in [1.54, 1.807) is 7.11 Å². The summed E-state index contributed by atoms with van der Waals surface area (Å²) in [7, 11) is 1.64. The van der Waals surface area contributed by atoms with Crippen molar-refractivity contribution in [2.45, 2.75) is 5.75 Å². The Morgan fingerprint density at radius 2 is 1.92 bits per heavy atom. The summed E-state index contributed by atoms with van der Waals surface area (Å²) in [6, 6.07) is 15.8. The minimum atomic E-state index is -1.20. The standard InChI is InChI=1S/C17H19N3O3S/c1-23-14-4-2-3-13(9-14)12-7-5-11(6-8-12)10-24-16(20-19)15(18)17(21)22/h2-9,20H,10,18-19H2,1H3,(H,21,22)/b16-15+. The second kappa shape index (κ2) is 8.28. The fourth-order valence-corrected chi connectivity index (χ4v) is 2.88. The van der Waals surface area contributed by atoms with Crippen molar-refractivity contribution in [1.29, 1.82) is 0 Å². The second-order valence-electron chi connectivity index (χ2n) is 4.91. The molecule has 24 heavy (non-hydrogen) atoms. The molecule has 2 aromatic carbocycles. The van der Waals surface area contributed by atoms with Crippen LogP contribution >= 0.6 is 11.8 Å². The first kappa shape index (κ1) is 17.7. The summed E-state index contributed by atoms with van der Waals surface area (Å²) in [5.74, 6) is 5.47. The molecule has 0 saturated heterocycles. The van der Waals surface area contributed by atoms with Crippen molar-refractivity contribution >= 4 is 17.7 Å². The van der Waals surface area contributed by atoms with Gasteiger partial charge in [0.05, 0.1) is 7.11 Å². The van der Waals surface area contributed by atoms with Crippen molar-refractivity contribution in [1.82, 2.24) is 5.43 Å². The number of hydrogen-bond donors (Lipinski definition) is 4. The topological polar surface area (TPSA) is 111 Å². The molecule has 0 unspecified atom stereocenters. The fraction of sp³-hybridized carbons (Fsp3) is 0.118. The number of rotatable bonds is 7. The summed E-state index contributed by atoms with van der Waals surface area (Å²) in [6.45, 7) is 0. The molecule has 2 aromatic rings. The number of carboxylic acids is 1. The molecule has 0 aromatic heterocycles. The summed E-state index contributed by atoms with van der Waals surface area (Å²) in [4.78, 5) is 10.9. The van der Waals surface area contributed by atoms with Gasteiger partial charge in [0.1, 0.15) is 16.5 Å². The van der Waals surface area contributed by atoms with Gasteiger partial charge in [0.15, 0.2) is 0 Å². The molecule has 2 rings (SSSR count). The van der Waals surface area contributed by atoms with Crippen LogP contribution in [0.1, 0.15) is 5.56 Å². The number of aliphatic carboxylic acids is 1. The maximum absolute atomic E-state index is 10.9. The number of thioether (sulfide) groups is 1. The predicted octanol–water partition coefficient (Wildman–Crippen LogP) is 2.27. The van der Waals surface area contributed by atoms with Gasteiger partial charge < -0.3 is 21.0 Å². The lowest BCUT2D eigenvalue weighted by Crippen LogP contribution is -2.26. The molecule has 0 heterocycles. The molecule has 0 amide bonds. The Hall–Kier alpha value is -2.64. The third-order valence-corrected chi connectivity index (χ3v) is 4.45. The van der Waals surface area contributed by atoms with Crippen molar-refractivity contribution < 1.29 is 14.6 Å². The minimum Gasteiger partial charge on any atom is -0.497 e. The first-order chi connectivity index (χ1) is 11.5. The van der Waals surface area contributed by atoms with Gasteiger partial charge >= 0.3 is 5.97 Å². The highest BCUT2D eigenvalue weighted by molar-refractivity contribution is 8.02. The smallest absolute Gasteiger partial charge is 0.354 e. The number of hydrazine groups is 1. The summed E-state index contributed by atoms with van der Waals surface area (Å²) in [5.41, 5.74) is 10.7. The van der Waals surface area contributed by atoms with Crippen LogP contribution in [0.25, 0.3) is 11.1 Å². The van der Waals surface area contributed by atoms with Gasteiger partial charge in [0.25, 0.3) is 0 Å². The van der Waals surface area contributed by atoms with Gasteiger partial charge in [-0.3, -0.25) is 0 Å². The molecule has 0 aliphatic heterocycles. The molecule has 0 bridgehead atoms. The number of carbonyl (C=O) groups is 1. The van der Waals surface area contributed by atoms with Crippen molar-refractivity contribution in [3.8, 4) is 16.9 Å². The molecule has 0 fully saturated rings. The monoisotopic (exact) mass is 345 g/mol. The highest BCUT2D eigenvalue weighted by Gasteiger charge is 2.10. The molecule has 7 heteroatoms. The van der Waals surface area contributed by atoms with Gasteiger partial charge in [-0.2, -0.15) is 0 Å². The van der Waals surface area contributed by atoms with Crippen LogP contribution in [0.2, 0.25) is 0 Å². The number of ether oxygens (including phenoxy) is 1. The lowest BCUT2D eigenvalue weighted by molar-refractivity contribution is -0.132. The van der Waals surface area contributed by atoms with E-state index in [0.717, 1.165) is 22.4 Å². The van der Waals surface area contributed by atoms with E-state index in [0.29, 0.717) is 5.75 Å². The van der Waals surface area contributed by atoms with Crippen LogP contribution in [0.4, 0.5) is 0 Å². The zero-order valence-electron chi connectivity index (χ0n) is 13.2. The Morgan fingerprint density at radius 1 is 1.21 bits per heavy atom. The summed E-state index contributed by atoms with van der Waals surface area (Å²) in [5, 5.41) is 9.12. The van der Waals surface area contributed by atoms with E-state index in [-0.39, 0.29) is 10.7 Å². The predicted molar refractivity (Wildman–Crippen MR) is 95.9 cm³/mol. The van der Waals surface area contributed by atoms with E-state index < -0.39 is 5.97 Å². The highest BCUT2D eigenvalue weighted by atomic mass is 32.2. The first-order valence-corrected chi connectivity index (χ1v) is 8.09. The number of hydrogen-bond acceptors (Lipinski definition) is 6. The first-order valence-electron chi connectivity index (χ1n) is 7.11. The van der Waals surface area contributed by atoms with Crippen LogP contribution in [-0.4, -0.2) is 18.2 Å². The third-order valence-electron chi connectivity index (χ3n) is 3.35. The molecular formula is C17H19N3O3S. The molecule has 0 saturated carbocycles. The van der Waals surface area contributed by atoms with E-state index in [9.17, 15) is 4.79 Å². The molecule has 0 aliphatic carbocycles. The van der Waals surface area contributed by atoms with E-state index in [1.807, 2.05) is 48.5 Å². The van der Waals surface area contributed by atoms with Gasteiger partial charge in [0.2, 0.25) is 0 Å². The molecule has 0 radical (unpaired) electrons. The van der Waals surface area contributed by atoms with Crippen molar-refractivity contribution in [3.63, 3.8) is 0 Å². The van der Waals surface area contributed by atoms with Gasteiger partial charge in [-0.15, -0.1) is 11.8 Å². The Labute approximate surface area is 144 Å². The minimum absolute atomic E-state index is 0.236. The Morgan fingerprint density at radius 3 is 2.50 bits per heavy atom. The maximum atomic E-state index is 10.9. The van der Waals surface area contributed by atoms with Crippen LogP contribution in [0.15, 0.2) is 59.3 Å². The molecule has 0 aliphatic rings. The van der Waals surface area contributed by atoms with Crippen LogP contribution in [0.3, 0.4) is 0 Å². The van der Waals surface area contributed by atoms with Gasteiger partial charge in [-0.25, -0.2) is 10.6 Å². The van der Waals surface area contributed by atoms with E-state index in [1.165, 1.54) is 11.8 Å². The maximum Gasteiger partial charge on any atom is 0.354 e. The van der Waals surface area contributed by atoms with Gasteiger partial charge in [0, 0.05) is 5.75 Å². The van der Waals surface area contributed by atoms with E-state index in [2.05, 4.69) is 5.43 Å². The van der Waals surface area contributed by atoms with Crippen LogP contribution < -0.4 is 21.7 Å². The summed E-state index contributed by atoms with van der Waals surface area (Å²) < 4.78 is 5.23. The van der Waals surface area contributed by atoms with Gasteiger partial charge in [-0.05, 0) is 28.8 Å². The zero-order chi connectivity index (χ0) is 17.5. The van der Waals surface area contributed by atoms with Crippen molar-refractivity contribution in [3.05, 3.63) is 64.8 Å². The molecule has 126 valence electrons. The van der Waals surface area contributed by atoms with E-state index >= 15 is 0 Å². The molecule has 6 nitrogen and oxygen atoms in total. The van der Waals surface area contributed by atoms with Crippen LogP contribution in [0.5, 0.6) is 5.75 Å². The normalized spacial score (nSPS) is 11.6. The van der Waals surface area contributed by atoms with E-state index in [4.69, 9.17) is 21.4 Å². The molecular weight excluding hydrogens is 326 g/mol. The Kier molecular flexibility index (Phi) is 6.11. The Bertz CT molecular complexity index is 745. The lowest BCUT2D eigenvalue weighted by atomic mass is 10.0. The SMILES string of the molecule is COc1cccc(-c2ccc(CS/C(NN)=C(/N)C(=O)O)cc2)c1. The van der Waals surface area contributed by atoms with Gasteiger partial charge in [-0.1, -0.05) is 36.4 Å². The molecule has 0 atom stereocenters. The average Bonchev–Trinajstić information content (AvgIpc) is 2.62. The third kappa shape index (κ3) is 4.43. The van der Waals surface area contributed by atoms with Crippen molar-refractivity contribution in [2.24, 2.45) is 11.6 Å². The van der Waals surface area contributed by atoms with Crippen molar-refractivity contribution in [2.75, 3.05) is 7.11 Å².